The number of nitrogens with one attached hydrogen (secondary N) is 2. The molecule has 1 aliphatic carbocycles. The van der Waals surface area contributed by atoms with E-state index in [1.54, 1.807) is 6.07 Å². The average molecular weight is 413 g/mol. The zero-order chi connectivity index (χ0) is 21.1. The van der Waals surface area contributed by atoms with Gasteiger partial charge in [0, 0.05) is 31.4 Å². The van der Waals surface area contributed by atoms with E-state index < -0.39 is 0 Å². The summed E-state index contributed by atoms with van der Waals surface area (Å²) in [6.45, 7) is 3.93. The molecular formula is C23H29FN4O2. The Bertz CT molecular complexity index is 889. The third kappa shape index (κ3) is 4.56. The molecule has 7 heteroatoms. The van der Waals surface area contributed by atoms with Crippen LogP contribution in [0.4, 0.5) is 10.2 Å². The fourth-order valence-corrected chi connectivity index (χ4v) is 4.49. The van der Waals surface area contributed by atoms with E-state index in [9.17, 15) is 9.18 Å². The minimum absolute atomic E-state index is 0.0460. The summed E-state index contributed by atoms with van der Waals surface area (Å²) >= 11 is 0. The number of aromatic nitrogens is 1. The highest BCUT2D eigenvalue weighted by atomic mass is 19.1. The molecule has 30 heavy (non-hydrogen) atoms. The summed E-state index contributed by atoms with van der Waals surface area (Å²) in [5.74, 6) is 1.33. The van der Waals surface area contributed by atoms with E-state index in [0.717, 1.165) is 37.2 Å². The molecule has 160 valence electrons. The molecule has 2 fully saturated rings. The Hall–Kier alpha value is -2.67. The van der Waals surface area contributed by atoms with Crippen LogP contribution in [0, 0.1) is 5.82 Å². The zero-order valence-corrected chi connectivity index (χ0v) is 17.5. The molecule has 0 spiro atoms. The van der Waals surface area contributed by atoms with Crippen LogP contribution >= 0.6 is 0 Å². The van der Waals surface area contributed by atoms with Crippen LogP contribution in [0.3, 0.4) is 0 Å². The van der Waals surface area contributed by atoms with Crippen LogP contribution in [0.15, 0.2) is 36.5 Å². The second-order valence-electron chi connectivity index (χ2n) is 8.21. The topological polar surface area (TPSA) is 66.5 Å². The molecule has 0 radical (unpaired) electrons. The number of carbonyl (C=O) groups is 1. The number of nitrogens with zero attached hydrogens (tertiary/aromatic N) is 2. The van der Waals surface area contributed by atoms with Gasteiger partial charge in [-0.15, -0.1) is 0 Å². The predicted molar refractivity (Wildman–Crippen MR) is 114 cm³/mol. The number of benzene rings is 1. The summed E-state index contributed by atoms with van der Waals surface area (Å²) in [5, 5.41) is 6.52. The van der Waals surface area contributed by atoms with Gasteiger partial charge < -0.3 is 20.3 Å². The van der Waals surface area contributed by atoms with Gasteiger partial charge in [0.1, 0.15) is 5.82 Å². The van der Waals surface area contributed by atoms with Gasteiger partial charge in [-0.2, -0.15) is 0 Å². The number of anilines is 1. The predicted octanol–water partition coefficient (Wildman–Crippen LogP) is 3.15. The highest BCUT2D eigenvalue weighted by Gasteiger charge is 2.27. The monoisotopic (exact) mass is 412 g/mol. The van der Waals surface area contributed by atoms with Crippen LogP contribution < -0.4 is 20.3 Å². The highest BCUT2D eigenvalue weighted by Crippen LogP contribution is 2.36. The Balaban J connectivity index is 1.34. The molecule has 2 aliphatic rings. The summed E-state index contributed by atoms with van der Waals surface area (Å²) in [7, 11) is 1.49. The Morgan fingerprint density at radius 2 is 2.17 bits per heavy atom. The molecule has 1 amide bonds. The lowest BCUT2D eigenvalue weighted by atomic mass is 9.99. The Morgan fingerprint density at radius 1 is 1.30 bits per heavy atom. The molecule has 1 aromatic heterocycles. The third-order valence-corrected chi connectivity index (χ3v) is 6.20. The summed E-state index contributed by atoms with van der Waals surface area (Å²) in [5.41, 5.74) is 2.27. The quantitative estimate of drug-likeness (QED) is 0.763. The number of halogens is 1. The first-order valence-electron chi connectivity index (χ1n) is 10.6. The summed E-state index contributed by atoms with van der Waals surface area (Å²) in [6, 6.07) is 9.75. The van der Waals surface area contributed by atoms with Crippen molar-refractivity contribution in [2.45, 2.75) is 44.2 Å². The highest BCUT2D eigenvalue weighted by molar-refractivity contribution is 5.82. The van der Waals surface area contributed by atoms with Gasteiger partial charge in [-0.1, -0.05) is 12.1 Å². The first-order valence-corrected chi connectivity index (χ1v) is 10.6. The van der Waals surface area contributed by atoms with Crippen molar-refractivity contribution in [3.05, 3.63) is 53.5 Å². The minimum Gasteiger partial charge on any atom is -0.494 e. The maximum atomic E-state index is 13.7. The van der Waals surface area contributed by atoms with Crippen molar-refractivity contribution in [3.63, 3.8) is 0 Å². The van der Waals surface area contributed by atoms with Crippen LogP contribution in [0.5, 0.6) is 5.75 Å². The smallest absolute Gasteiger partial charge is 0.239 e. The van der Waals surface area contributed by atoms with Gasteiger partial charge in [-0.05, 0) is 61.4 Å². The number of hydrogen-bond acceptors (Lipinski definition) is 5. The Kier molecular flexibility index (Phi) is 6.18. The maximum absolute atomic E-state index is 13.7. The number of rotatable bonds is 6. The van der Waals surface area contributed by atoms with E-state index in [4.69, 9.17) is 4.74 Å². The zero-order valence-electron chi connectivity index (χ0n) is 17.5. The first kappa shape index (κ1) is 20.6. The van der Waals surface area contributed by atoms with Crippen LogP contribution in [0.1, 0.15) is 49.3 Å². The lowest BCUT2D eigenvalue weighted by Crippen LogP contribution is -2.48. The first-order chi connectivity index (χ1) is 14.5. The largest absolute Gasteiger partial charge is 0.494 e. The van der Waals surface area contributed by atoms with Crippen LogP contribution in [0.2, 0.25) is 0 Å². The number of methoxy groups -OCH3 is 1. The number of carbonyl (C=O) groups excluding carboxylic acids is 1. The lowest BCUT2D eigenvalue weighted by Gasteiger charge is -2.27. The normalized spacial score (nSPS) is 22.6. The van der Waals surface area contributed by atoms with Crippen molar-refractivity contribution in [1.29, 1.82) is 0 Å². The molecule has 1 aromatic carbocycles. The van der Waals surface area contributed by atoms with Gasteiger partial charge in [0.15, 0.2) is 11.6 Å². The van der Waals surface area contributed by atoms with E-state index in [1.165, 1.54) is 18.7 Å². The van der Waals surface area contributed by atoms with Gasteiger partial charge in [0.2, 0.25) is 5.91 Å². The number of ether oxygens (including phenoxy) is 1. The molecule has 2 heterocycles. The molecule has 2 N–H and O–H groups in total. The maximum Gasteiger partial charge on any atom is 0.239 e. The summed E-state index contributed by atoms with van der Waals surface area (Å²) in [6.07, 6.45) is 5.23. The van der Waals surface area contributed by atoms with Crippen molar-refractivity contribution < 1.29 is 13.9 Å². The number of piperazine rings is 1. The van der Waals surface area contributed by atoms with Gasteiger partial charge in [-0.3, -0.25) is 4.79 Å². The van der Waals surface area contributed by atoms with Crippen molar-refractivity contribution in [2.24, 2.45) is 0 Å². The Morgan fingerprint density at radius 3 is 2.90 bits per heavy atom. The molecule has 3 unspecified atom stereocenters. The molecule has 2 aromatic rings. The van der Waals surface area contributed by atoms with Gasteiger partial charge >= 0.3 is 0 Å². The molecule has 3 atom stereocenters. The van der Waals surface area contributed by atoms with Crippen LogP contribution in [-0.4, -0.2) is 43.7 Å². The molecule has 0 bridgehead atoms. The van der Waals surface area contributed by atoms with Crippen molar-refractivity contribution in [2.75, 3.05) is 31.6 Å². The molecule has 1 saturated heterocycles. The second-order valence-corrected chi connectivity index (χ2v) is 8.21. The molecule has 6 nitrogen and oxygen atoms in total. The number of pyridine rings is 1. The van der Waals surface area contributed by atoms with E-state index in [1.807, 2.05) is 23.2 Å². The minimum atomic E-state index is -0.337. The SMILES string of the molecule is COc1cc(C(C)NC2CCC(c3ccc(N4CCNC(=O)C4)nc3)C2)ccc1F. The number of hydrogen-bond donors (Lipinski definition) is 2. The van der Waals surface area contributed by atoms with E-state index in [2.05, 4.69) is 28.6 Å². The van der Waals surface area contributed by atoms with E-state index in [0.29, 0.717) is 25.0 Å². The van der Waals surface area contributed by atoms with Gasteiger partial charge in [-0.25, -0.2) is 9.37 Å². The van der Waals surface area contributed by atoms with Crippen molar-refractivity contribution in [1.82, 2.24) is 15.6 Å². The summed E-state index contributed by atoms with van der Waals surface area (Å²) in [4.78, 5) is 18.2. The van der Waals surface area contributed by atoms with E-state index in [-0.39, 0.29) is 23.5 Å². The van der Waals surface area contributed by atoms with Crippen molar-refractivity contribution in [3.8, 4) is 5.75 Å². The lowest BCUT2D eigenvalue weighted by molar-refractivity contribution is -0.120. The average Bonchev–Trinajstić information content (AvgIpc) is 3.22. The van der Waals surface area contributed by atoms with Crippen molar-refractivity contribution >= 4 is 11.7 Å². The second kappa shape index (κ2) is 9.00. The van der Waals surface area contributed by atoms with E-state index >= 15 is 0 Å². The fourth-order valence-electron chi connectivity index (χ4n) is 4.49. The molecule has 1 aliphatic heterocycles. The number of amides is 1. The molecule has 1 saturated carbocycles. The fraction of sp³-hybridized carbons (Fsp3) is 0.478. The van der Waals surface area contributed by atoms with Gasteiger partial charge in [0.05, 0.1) is 13.7 Å². The third-order valence-electron chi connectivity index (χ3n) is 6.20. The molecule has 4 rings (SSSR count). The van der Waals surface area contributed by atoms with Gasteiger partial charge in [0.25, 0.3) is 0 Å². The standard InChI is InChI=1S/C23H29FN4O2/c1-15(16-4-7-20(24)21(12-16)30-2)27-19-6-3-17(11-19)18-5-8-22(26-13-18)28-10-9-25-23(29)14-28/h4-5,7-8,12-13,15,17,19,27H,3,6,9-11,14H2,1-2H3,(H,25,29). The summed E-state index contributed by atoms with van der Waals surface area (Å²) < 4.78 is 18.8. The van der Waals surface area contributed by atoms with Crippen LogP contribution in [-0.2, 0) is 4.79 Å². The van der Waals surface area contributed by atoms with Crippen LogP contribution in [0.25, 0.3) is 0 Å². The Labute approximate surface area is 176 Å². The molecular weight excluding hydrogens is 383 g/mol.